The van der Waals surface area contributed by atoms with Crippen LogP contribution >= 0.6 is 0 Å². The molecule has 0 aliphatic rings. The third-order valence-electron chi connectivity index (χ3n) is 2.83. The van der Waals surface area contributed by atoms with E-state index in [0.29, 0.717) is 23.4 Å². The van der Waals surface area contributed by atoms with Crippen LogP contribution in [0.1, 0.15) is 20.8 Å². The van der Waals surface area contributed by atoms with Crippen molar-refractivity contribution in [2.45, 2.75) is 20.8 Å². The Bertz CT molecular complexity index is 339. The minimum Gasteiger partial charge on any atom is -0.479 e. The highest BCUT2D eigenvalue weighted by Gasteiger charge is 2.08. The van der Waals surface area contributed by atoms with Gasteiger partial charge in [-0.1, -0.05) is 20.8 Å². The highest BCUT2D eigenvalue weighted by molar-refractivity contribution is 5.53. The van der Waals surface area contributed by atoms with Gasteiger partial charge in [0.2, 0.25) is 5.88 Å². The standard InChI is InChI=1S/C12H21N3O/c1-8(2)9(3)7-14-11-6-5-10(13)12(15-11)16-4/h5-6,8-9H,7,13H2,1-4H3,(H,14,15). The van der Waals surface area contributed by atoms with Crippen LogP contribution in [0.15, 0.2) is 12.1 Å². The maximum absolute atomic E-state index is 5.69. The first kappa shape index (κ1) is 12.6. The van der Waals surface area contributed by atoms with Crippen LogP contribution in [0.2, 0.25) is 0 Å². The van der Waals surface area contributed by atoms with Crippen LogP contribution in [0.25, 0.3) is 0 Å². The van der Waals surface area contributed by atoms with Gasteiger partial charge in [0, 0.05) is 6.54 Å². The molecular formula is C12H21N3O. The van der Waals surface area contributed by atoms with Gasteiger partial charge < -0.3 is 15.8 Å². The third kappa shape index (κ3) is 3.29. The van der Waals surface area contributed by atoms with Gasteiger partial charge in [0.05, 0.1) is 12.8 Å². The number of nitrogens with two attached hydrogens (primary N) is 1. The predicted molar refractivity (Wildman–Crippen MR) is 67.7 cm³/mol. The van der Waals surface area contributed by atoms with Crippen molar-refractivity contribution < 1.29 is 4.74 Å². The minimum absolute atomic E-state index is 0.474. The van der Waals surface area contributed by atoms with Crippen molar-refractivity contribution in [1.29, 1.82) is 0 Å². The summed E-state index contributed by atoms with van der Waals surface area (Å²) in [5, 5.41) is 3.28. The molecule has 1 unspecified atom stereocenters. The van der Waals surface area contributed by atoms with E-state index in [1.165, 1.54) is 0 Å². The summed E-state index contributed by atoms with van der Waals surface area (Å²) >= 11 is 0. The van der Waals surface area contributed by atoms with Crippen LogP contribution < -0.4 is 15.8 Å². The Morgan fingerprint density at radius 1 is 1.38 bits per heavy atom. The second kappa shape index (κ2) is 5.58. The summed E-state index contributed by atoms with van der Waals surface area (Å²) in [5.41, 5.74) is 6.25. The number of ether oxygens (including phenoxy) is 1. The smallest absolute Gasteiger partial charge is 0.238 e. The molecule has 0 aliphatic heterocycles. The predicted octanol–water partition coefficient (Wildman–Crippen LogP) is 2.38. The molecule has 1 aromatic rings. The summed E-state index contributed by atoms with van der Waals surface area (Å²) in [6.45, 7) is 7.54. The lowest BCUT2D eigenvalue weighted by molar-refractivity contribution is 0.400. The number of hydrogen-bond donors (Lipinski definition) is 2. The van der Waals surface area contributed by atoms with Crippen molar-refractivity contribution in [2.24, 2.45) is 11.8 Å². The summed E-state index contributed by atoms with van der Waals surface area (Å²) in [5.74, 6) is 2.54. The van der Waals surface area contributed by atoms with Gasteiger partial charge in [0.15, 0.2) is 0 Å². The summed E-state index contributed by atoms with van der Waals surface area (Å²) in [6.07, 6.45) is 0. The monoisotopic (exact) mass is 223 g/mol. The number of anilines is 2. The number of hydrogen-bond acceptors (Lipinski definition) is 4. The topological polar surface area (TPSA) is 60.2 Å². The van der Waals surface area contributed by atoms with Crippen LogP contribution in [-0.2, 0) is 0 Å². The molecule has 0 fully saturated rings. The van der Waals surface area contributed by atoms with Gasteiger partial charge in [0.1, 0.15) is 5.82 Å². The van der Waals surface area contributed by atoms with Gasteiger partial charge in [-0.2, -0.15) is 4.98 Å². The summed E-state index contributed by atoms with van der Waals surface area (Å²) in [6, 6.07) is 3.67. The molecule has 0 bridgehead atoms. The molecule has 0 saturated carbocycles. The third-order valence-corrected chi connectivity index (χ3v) is 2.83. The fraction of sp³-hybridized carbons (Fsp3) is 0.583. The summed E-state index contributed by atoms with van der Waals surface area (Å²) in [7, 11) is 1.57. The average Bonchev–Trinajstić information content (AvgIpc) is 2.27. The van der Waals surface area contributed by atoms with Crippen LogP contribution in [0, 0.1) is 11.8 Å². The first-order valence-electron chi connectivity index (χ1n) is 5.59. The van der Waals surface area contributed by atoms with Crippen molar-refractivity contribution in [2.75, 3.05) is 24.7 Å². The van der Waals surface area contributed by atoms with E-state index in [0.717, 1.165) is 12.4 Å². The molecule has 1 aromatic heterocycles. The summed E-state index contributed by atoms with van der Waals surface area (Å²) < 4.78 is 5.06. The Balaban J connectivity index is 2.61. The van der Waals surface area contributed by atoms with Gasteiger partial charge in [-0.15, -0.1) is 0 Å². The molecule has 0 amide bonds. The molecule has 0 saturated heterocycles. The van der Waals surface area contributed by atoms with Crippen molar-refractivity contribution in [1.82, 2.24) is 4.98 Å². The minimum atomic E-state index is 0.474. The average molecular weight is 223 g/mol. The number of aromatic nitrogens is 1. The second-order valence-electron chi connectivity index (χ2n) is 4.40. The summed E-state index contributed by atoms with van der Waals surface area (Å²) in [4.78, 5) is 4.26. The van der Waals surface area contributed by atoms with Crippen molar-refractivity contribution >= 4 is 11.5 Å². The molecule has 1 heterocycles. The molecule has 0 aliphatic carbocycles. The van der Waals surface area contributed by atoms with Crippen molar-refractivity contribution in [3.8, 4) is 5.88 Å². The molecule has 1 rings (SSSR count). The van der Waals surface area contributed by atoms with Crippen LogP contribution in [0.4, 0.5) is 11.5 Å². The van der Waals surface area contributed by atoms with Crippen LogP contribution in [0.3, 0.4) is 0 Å². The van der Waals surface area contributed by atoms with Crippen molar-refractivity contribution in [3.63, 3.8) is 0 Å². The first-order valence-corrected chi connectivity index (χ1v) is 5.59. The number of pyridine rings is 1. The number of nitrogens with one attached hydrogen (secondary N) is 1. The number of rotatable bonds is 5. The molecule has 0 aromatic carbocycles. The first-order chi connectivity index (χ1) is 7.54. The van der Waals surface area contributed by atoms with Crippen molar-refractivity contribution in [3.05, 3.63) is 12.1 Å². The van der Waals surface area contributed by atoms with Crippen LogP contribution in [0.5, 0.6) is 5.88 Å². The fourth-order valence-corrected chi connectivity index (χ4v) is 1.21. The van der Waals surface area contributed by atoms with Crippen LogP contribution in [-0.4, -0.2) is 18.6 Å². The van der Waals surface area contributed by atoms with Gasteiger partial charge in [-0.05, 0) is 24.0 Å². The SMILES string of the molecule is COc1nc(NCC(C)C(C)C)ccc1N. The quantitative estimate of drug-likeness (QED) is 0.804. The molecule has 4 heteroatoms. The van der Waals surface area contributed by atoms with E-state index >= 15 is 0 Å². The molecular weight excluding hydrogens is 202 g/mol. The Morgan fingerprint density at radius 2 is 2.06 bits per heavy atom. The second-order valence-corrected chi connectivity index (χ2v) is 4.40. The van der Waals surface area contributed by atoms with E-state index in [1.54, 1.807) is 13.2 Å². The molecule has 4 nitrogen and oxygen atoms in total. The maximum atomic E-state index is 5.69. The van der Waals surface area contributed by atoms with E-state index < -0.39 is 0 Å². The molecule has 1 atom stereocenters. The Morgan fingerprint density at radius 3 is 2.62 bits per heavy atom. The molecule has 0 spiro atoms. The Kier molecular flexibility index (Phi) is 4.40. The number of methoxy groups -OCH3 is 1. The fourth-order valence-electron chi connectivity index (χ4n) is 1.21. The van der Waals surface area contributed by atoms with E-state index in [2.05, 4.69) is 31.1 Å². The van der Waals surface area contributed by atoms with E-state index in [4.69, 9.17) is 10.5 Å². The Labute approximate surface area is 97.2 Å². The van der Waals surface area contributed by atoms with E-state index in [9.17, 15) is 0 Å². The lowest BCUT2D eigenvalue weighted by atomic mass is 9.98. The number of nitrogen functional groups attached to an aromatic ring is 1. The molecule has 3 N–H and O–H groups in total. The highest BCUT2D eigenvalue weighted by Crippen LogP contribution is 2.20. The number of nitrogens with zero attached hydrogens (tertiary/aromatic N) is 1. The normalized spacial score (nSPS) is 12.6. The maximum Gasteiger partial charge on any atom is 0.238 e. The molecule has 16 heavy (non-hydrogen) atoms. The highest BCUT2D eigenvalue weighted by atomic mass is 16.5. The molecule has 0 radical (unpaired) electrons. The van der Waals surface area contributed by atoms with Gasteiger partial charge in [-0.25, -0.2) is 0 Å². The molecule has 90 valence electrons. The van der Waals surface area contributed by atoms with E-state index in [1.807, 2.05) is 6.07 Å². The van der Waals surface area contributed by atoms with Gasteiger partial charge in [0.25, 0.3) is 0 Å². The van der Waals surface area contributed by atoms with E-state index in [-0.39, 0.29) is 0 Å². The lowest BCUT2D eigenvalue weighted by Gasteiger charge is -2.16. The zero-order valence-electron chi connectivity index (χ0n) is 10.4. The largest absolute Gasteiger partial charge is 0.479 e. The Hall–Kier alpha value is -1.45. The zero-order valence-corrected chi connectivity index (χ0v) is 10.4. The van der Waals surface area contributed by atoms with Gasteiger partial charge >= 0.3 is 0 Å². The van der Waals surface area contributed by atoms with Gasteiger partial charge in [-0.3, -0.25) is 0 Å². The zero-order chi connectivity index (χ0) is 12.1. The lowest BCUT2D eigenvalue weighted by Crippen LogP contribution is -2.17.